The lowest BCUT2D eigenvalue weighted by atomic mass is 10.0. The molecule has 0 aliphatic heterocycles. The number of methoxy groups -OCH3 is 2. The molecule has 0 fully saturated rings. The first-order valence-corrected chi connectivity index (χ1v) is 4.30. The van der Waals surface area contributed by atoms with Gasteiger partial charge < -0.3 is 9.47 Å². The molecule has 4 nitrogen and oxygen atoms in total. The van der Waals surface area contributed by atoms with Crippen LogP contribution in [0.2, 0.25) is 0 Å². The second-order valence-electron chi connectivity index (χ2n) is 2.74. The average Bonchev–Trinajstić information content (AvgIpc) is 2.17. The van der Waals surface area contributed by atoms with Gasteiger partial charge in [-0.25, -0.2) is 0 Å². The molecule has 76 valence electrons. The van der Waals surface area contributed by atoms with Gasteiger partial charge in [0.2, 0.25) is 0 Å². The molecule has 0 heterocycles. The summed E-state index contributed by atoms with van der Waals surface area (Å²) in [6, 6.07) is 0. The first kappa shape index (κ1) is 11.9. The number of hydrogen-bond donors (Lipinski definition) is 0. The van der Waals surface area contributed by atoms with E-state index in [1.54, 1.807) is 0 Å². The van der Waals surface area contributed by atoms with Crippen LogP contribution in [0.25, 0.3) is 0 Å². The SMILES string of the molecule is CC[C@@H](CCC(=O)OC)C(=O)OC. The monoisotopic (exact) mass is 188 g/mol. The predicted molar refractivity (Wildman–Crippen MR) is 47.0 cm³/mol. The summed E-state index contributed by atoms with van der Waals surface area (Å²) in [5.74, 6) is -0.738. The zero-order valence-corrected chi connectivity index (χ0v) is 8.33. The Morgan fingerprint density at radius 1 is 1.23 bits per heavy atom. The molecule has 0 aliphatic rings. The van der Waals surface area contributed by atoms with E-state index in [2.05, 4.69) is 9.47 Å². The van der Waals surface area contributed by atoms with E-state index in [1.165, 1.54) is 14.2 Å². The minimum absolute atomic E-state index is 0.191. The molecule has 0 radical (unpaired) electrons. The van der Waals surface area contributed by atoms with Crippen molar-refractivity contribution in [3.05, 3.63) is 0 Å². The molecule has 0 aromatic heterocycles. The normalized spacial score (nSPS) is 11.9. The first-order valence-electron chi connectivity index (χ1n) is 4.30. The van der Waals surface area contributed by atoms with Gasteiger partial charge in [0.05, 0.1) is 20.1 Å². The molecule has 13 heavy (non-hydrogen) atoms. The van der Waals surface area contributed by atoms with Gasteiger partial charge in [-0.3, -0.25) is 9.59 Å². The lowest BCUT2D eigenvalue weighted by molar-refractivity contribution is -0.146. The molecule has 4 heteroatoms. The number of ether oxygens (including phenoxy) is 2. The number of rotatable bonds is 5. The maximum Gasteiger partial charge on any atom is 0.308 e. The standard InChI is InChI=1S/C9H16O4/c1-4-7(9(11)13-3)5-6-8(10)12-2/h7H,4-6H2,1-3H3/t7-/m0/s1. The lowest BCUT2D eigenvalue weighted by Gasteiger charge is -2.10. The summed E-state index contributed by atoms with van der Waals surface area (Å²) in [4.78, 5) is 21.8. The van der Waals surface area contributed by atoms with Crippen LogP contribution in [0.3, 0.4) is 0 Å². The Hall–Kier alpha value is -1.06. The summed E-state index contributed by atoms with van der Waals surface area (Å²) >= 11 is 0. The van der Waals surface area contributed by atoms with Gasteiger partial charge in [0.25, 0.3) is 0 Å². The molecular weight excluding hydrogens is 172 g/mol. The molecule has 0 amide bonds. The van der Waals surface area contributed by atoms with Crippen LogP contribution >= 0.6 is 0 Å². The maximum absolute atomic E-state index is 11.1. The molecule has 0 unspecified atom stereocenters. The molecule has 0 aliphatic carbocycles. The van der Waals surface area contributed by atoms with Gasteiger partial charge in [-0.05, 0) is 12.8 Å². The zero-order valence-electron chi connectivity index (χ0n) is 8.33. The van der Waals surface area contributed by atoms with Crippen molar-refractivity contribution in [2.24, 2.45) is 5.92 Å². The number of carbonyl (C=O) groups is 2. The largest absolute Gasteiger partial charge is 0.469 e. The topological polar surface area (TPSA) is 52.6 Å². The second kappa shape index (κ2) is 6.46. The van der Waals surface area contributed by atoms with Crippen LogP contribution in [0.15, 0.2) is 0 Å². The smallest absolute Gasteiger partial charge is 0.308 e. The third kappa shape index (κ3) is 4.50. The van der Waals surface area contributed by atoms with E-state index >= 15 is 0 Å². The highest BCUT2D eigenvalue weighted by atomic mass is 16.5. The van der Waals surface area contributed by atoms with E-state index in [1.807, 2.05) is 6.92 Å². The van der Waals surface area contributed by atoms with Crippen LogP contribution in [-0.4, -0.2) is 26.2 Å². The van der Waals surface area contributed by atoms with Gasteiger partial charge in [0, 0.05) is 6.42 Å². The fraction of sp³-hybridized carbons (Fsp3) is 0.778. The van der Waals surface area contributed by atoms with E-state index in [0.29, 0.717) is 12.8 Å². The predicted octanol–water partition coefficient (Wildman–Crippen LogP) is 1.14. The molecule has 0 saturated heterocycles. The molecule has 0 aromatic rings. The van der Waals surface area contributed by atoms with E-state index in [0.717, 1.165) is 0 Å². The number of carbonyl (C=O) groups excluding carboxylic acids is 2. The van der Waals surface area contributed by atoms with Crippen molar-refractivity contribution >= 4 is 11.9 Å². The highest BCUT2D eigenvalue weighted by Crippen LogP contribution is 2.12. The molecule has 0 N–H and O–H groups in total. The number of hydrogen-bond acceptors (Lipinski definition) is 4. The molecule has 0 rings (SSSR count). The van der Waals surface area contributed by atoms with Crippen LogP contribution in [0, 0.1) is 5.92 Å². The highest BCUT2D eigenvalue weighted by Gasteiger charge is 2.17. The average molecular weight is 188 g/mol. The van der Waals surface area contributed by atoms with Crippen molar-refractivity contribution in [3.8, 4) is 0 Å². The summed E-state index contributed by atoms with van der Waals surface area (Å²) in [7, 11) is 2.69. The Bertz CT molecular complexity index is 176. The van der Waals surface area contributed by atoms with Crippen molar-refractivity contribution < 1.29 is 19.1 Å². The quantitative estimate of drug-likeness (QED) is 0.607. The minimum Gasteiger partial charge on any atom is -0.469 e. The Balaban J connectivity index is 3.85. The molecule has 0 spiro atoms. The van der Waals surface area contributed by atoms with Crippen LogP contribution in [0.1, 0.15) is 26.2 Å². The van der Waals surface area contributed by atoms with Gasteiger partial charge >= 0.3 is 11.9 Å². The summed E-state index contributed by atoms with van der Waals surface area (Å²) in [5.41, 5.74) is 0. The van der Waals surface area contributed by atoms with Crippen LogP contribution in [0.5, 0.6) is 0 Å². The maximum atomic E-state index is 11.1. The highest BCUT2D eigenvalue weighted by molar-refractivity contribution is 5.74. The lowest BCUT2D eigenvalue weighted by Crippen LogP contribution is -2.17. The van der Waals surface area contributed by atoms with E-state index < -0.39 is 0 Å². The third-order valence-electron chi connectivity index (χ3n) is 1.95. The van der Waals surface area contributed by atoms with E-state index in [4.69, 9.17) is 0 Å². The third-order valence-corrected chi connectivity index (χ3v) is 1.95. The van der Waals surface area contributed by atoms with Gasteiger partial charge in [-0.15, -0.1) is 0 Å². The van der Waals surface area contributed by atoms with Gasteiger partial charge in [0.15, 0.2) is 0 Å². The van der Waals surface area contributed by atoms with Gasteiger partial charge in [-0.1, -0.05) is 6.92 Å². The molecule has 0 aromatic carbocycles. The fourth-order valence-electron chi connectivity index (χ4n) is 1.05. The van der Waals surface area contributed by atoms with Gasteiger partial charge in [-0.2, -0.15) is 0 Å². The van der Waals surface area contributed by atoms with Crippen molar-refractivity contribution in [2.75, 3.05) is 14.2 Å². The van der Waals surface area contributed by atoms with Crippen LogP contribution in [0.4, 0.5) is 0 Å². The second-order valence-corrected chi connectivity index (χ2v) is 2.74. The van der Waals surface area contributed by atoms with Crippen molar-refractivity contribution in [1.29, 1.82) is 0 Å². The summed E-state index contributed by atoms with van der Waals surface area (Å²) in [6.45, 7) is 1.89. The Morgan fingerprint density at radius 3 is 2.23 bits per heavy atom. The molecule has 1 atom stereocenters. The van der Waals surface area contributed by atoms with Gasteiger partial charge in [0.1, 0.15) is 0 Å². The molecule has 0 saturated carbocycles. The Morgan fingerprint density at radius 2 is 1.85 bits per heavy atom. The minimum atomic E-state index is -0.289. The van der Waals surface area contributed by atoms with Crippen molar-refractivity contribution in [3.63, 3.8) is 0 Å². The van der Waals surface area contributed by atoms with E-state index in [-0.39, 0.29) is 24.3 Å². The summed E-state index contributed by atoms with van der Waals surface area (Å²) in [6.07, 6.45) is 1.45. The van der Waals surface area contributed by atoms with E-state index in [9.17, 15) is 9.59 Å². The Kier molecular flexibility index (Phi) is 5.93. The van der Waals surface area contributed by atoms with Crippen LogP contribution < -0.4 is 0 Å². The summed E-state index contributed by atoms with van der Waals surface area (Å²) < 4.78 is 9.05. The first-order chi connectivity index (χ1) is 6.15. The van der Waals surface area contributed by atoms with Crippen molar-refractivity contribution in [2.45, 2.75) is 26.2 Å². The zero-order chi connectivity index (χ0) is 10.3. The molecule has 0 bridgehead atoms. The number of esters is 2. The Labute approximate surface area is 78.2 Å². The van der Waals surface area contributed by atoms with Crippen LogP contribution in [-0.2, 0) is 19.1 Å². The van der Waals surface area contributed by atoms with Crippen molar-refractivity contribution in [1.82, 2.24) is 0 Å². The fourth-order valence-corrected chi connectivity index (χ4v) is 1.05. The molecular formula is C9H16O4. The summed E-state index contributed by atoms with van der Waals surface area (Å²) in [5, 5.41) is 0.